The fourth-order valence-electron chi connectivity index (χ4n) is 2.96. The molecule has 2 heterocycles. The molecule has 1 aliphatic heterocycles. The number of aryl methyl sites for hydroxylation is 1. The third-order valence-electron chi connectivity index (χ3n) is 4.11. The van der Waals surface area contributed by atoms with E-state index in [0.29, 0.717) is 5.69 Å². The van der Waals surface area contributed by atoms with Crippen molar-refractivity contribution in [2.45, 2.75) is 24.3 Å². The van der Waals surface area contributed by atoms with Gasteiger partial charge in [-0.05, 0) is 30.7 Å². The lowest BCUT2D eigenvalue weighted by Crippen LogP contribution is -2.13. The van der Waals surface area contributed by atoms with E-state index >= 15 is 0 Å². The number of hydrogen-bond donors (Lipinski definition) is 1. The van der Waals surface area contributed by atoms with Gasteiger partial charge in [0.15, 0.2) is 5.82 Å². The Labute approximate surface area is 150 Å². The first-order valence-corrected chi connectivity index (χ1v) is 9.70. The number of anilines is 1. The Bertz CT molecular complexity index is 1050. The summed E-state index contributed by atoms with van der Waals surface area (Å²) in [5.74, 6) is 1.73. The molecule has 25 heavy (non-hydrogen) atoms. The van der Waals surface area contributed by atoms with E-state index in [1.807, 2.05) is 6.07 Å². The molecule has 0 radical (unpaired) electrons. The Morgan fingerprint density at radius 2 is 1.92 bits per heavy atom. The fraction of sp³-hybridized carbons (Fsp3) is 0.176. The molecule has 0 spiro atoms. The Balaban J connectivity index is 1.67. The summed E-state index contributed by atoms with van der Waals surface area (Å²) < 4.78 is 29.8. The number of aromatic nitrogens is 3. The largest absolute Gasteiger partial charge is 0.311 e. The molecule has 0 atom stereocenters. The highest BCUT2D eigenvalue weighted by Crippen LogP contribution is 2.27. The second-order valence-corrected chi connectivity index (χ2v) is 7.87. The molecule has 0 bridgehead atoms. The topological polar surface area (TPSA) is 76.9 Å². The van der Waals surface area contributed by atoms with E-state index in [1.54, 1.807) is 36.4 Å². The van der Waals surface area contributed by atoms with Gasteiger partial charge in [0.1, 0.15) is 10.7 Å². The Morgan fingerprint density at radius 1 is 1.08 bits per heavy atom. The molecule has 3 aromatic rings. The van der Waals surface area contributed by atoms with Crippen molar-refractivity contribution >= 4 is 27.3 Å². The van der Waals surface area contributed by atoms with Crippen molar-refractivity contribution in [1.82, 2.24) is 14.8 Å². The van der Waals surface area contributed by atoms with Gasteiger partial charge < -0.3 is 4.57 Å². The molecule has 1 aliphatic rings. The van der Waals surface area contributed by atoms with Crippen molar-refractivity contribution in [3.63, 3.8) is 0 Å². The van der Waals surface area contributed by atoms with Crippen LogP contribution in [0.4, 0.5) is 5.69 Å². The van der Waals surface area contributed by atoms with Crippen molar-refractivity contribution in [1.29, 1.82) is 0 Å². The molecule has 0 unspecified atom stereocenters. The van der Waals surface area contributed by atoms with Crippen molar-refractivity contribution in [3.8, 4) is 11.4 Å². The van der Waals surface area contributed by atoms with Crippen molar-refractivity contribution < 1.29 is 8.42 Å². The van der Waals surface area contributed by atoms with Crippen LogP contribution < -0.4 is 4.72 Å². The second kappa shape index (κ2) is 6.16. The maximum absolute atomic E-state index is 12.6. The van der Waals surface area contributed by atoms with Crippen LogP contribution in [0.3, 0.4) is 0 Å². The van der Waals surface area contributed by atoms with Crippen LogP contribution in [0, 0.1) is 0 Å². The van der Waals surface area contributed by atoms with Gasteiger partial charge in [-0.2, -0.15) is 0 Å². The summed E-state index contributed by atoms with van der Waals surface area (Å²) in [5, 5.41) is 8.61. The van der Waals surface area contributed by atoms with E-state index in [9.17, 15) is 8.42 Å². The molecule has 1 N–H and O–H groups in total. The smallest absolute Gasteiger partial charge is 0.263 e. The monoisotopic (exact) mass is 374 g/mol. The van der Waals surface area contributed by atoms with Gasteiger partial charge in [-0.25, -0.2) is 8.42 Å². The van der Waals surface area contributed by atoms with E-state index in [2.05, 4.69) is 19.5 Å². The Hall–Kier alpha value is -2.38. The molecule has 128 valence electrons. The maximum Gasteiger partial charge on any atom is 0.263 e. The number of benzene rings is 2. The van der Waals surface area contributed by atoms with Gasteiger partial charge in [0.2, 0.25) is 0 Å². The van der Waals surface area contributed by atoms with Crippen molar-refractivity contribution in [3.05, 3.63) is 59.4 Å². The van der Waals surface area contributed by atoms with Gasteiger partial charge in [-0.3, -0.25) is 4.72 Å². The first-order chi connectivity index (χ1) is 12.0. The van der Waals surface area contributed by atoms with Crippen LogP contribution in [-0.2, 0) is 23.0 Å². The molecule has 1 aromatic heterocycles. The zero-order valence-electron chi connectivity index (χ0n) is 13.2. The summed E-state index contributed by atoms with van der Waals surface area (Å²) in [6.45, 7) is 0.882. The summed E-state index contributed by atoms with van der Waals surface area (Å²) in [4.78, 5) is 0.0467. The second-order valence-electron chi connectivity index (χ2n) is 5.81. The number of rotatable bonds is 4. The predicted molar refractivity (Wildman–Crippen MR) is 96.0 cm³/mol. The normalized spacial score (nSPS) is 13.6. The third-order valence-corrected chi connectivity index (χ3v) is 5.99. The van der Waals surface area contributed by atoms with E-state index in [4.69, 9.17) is 11.6 Å². The molecular weight excluding hydrogens is 360 g/mol. The van der Waals surface area contributed by atoms with Crippen LogP contribution in [0.5, 0.6) is 0 Å². The van der Waals surface area contributed by atoms with Gasteiger partial charge in [-0.1, -0.05) is 35.9 Å². The summed E-state index contributed by atoms with van der Waals surface area (Å²) in [6, 6.07) is 13.5. The van der Waals surface area contributed by atoms with Crippen LogP contribution in [0.1, 0.15) is 12.2 Å². The highest BCUT2D eigenvalue weighted by atomic mass is 35.5. The number of nitrogens with one attached hydrogen (secondary N) is 1. The van der Waals surface area contributed by atoms with Crippen LogP contribution in [-0.4, -0.2) is 23.2 Å². The lowest BCUT2D eigenvalue weighted by molar-refractivity contribution is 0.601. The van der Waals surface area contributed by atoms with Crippen molar-refractivity contribution in [2.24, 2.45) is 0 Å². The minimum Gasteiger partial charge on any atom is -0.311 e. The summed E-state index contributed by atoms with van der Waals surface area (Å²) in [5.41, 5.74) is 1.27. The van der Waals surface area contributed by atoms with Crippen molar-refractivity contribution in [2.75, 3.05) is 4.72 Å². The zero-order chi connectivity index (χ0) is 17.4. The molecule has 4 rings (SSSR count). The highest BCUT2D eigenvalue weighted by Gasteiger charge is 2.20. The first kappa shape index (κ1) is 16.1. The molecular formula is C17H15ClN4O2S. The number of sulfonamides is 1. The number of nitrogens with zero attached hydrogens (tertiary/aromatic N) is 3. The number of fused-ring (bicyclic) bond motifs is 1. The molecule has 2 aromatic carbocycles. The molecule has 6 nitrogen and oxygen atoms in total. The molecule has 0 saturated carbocycles. The van der Waals surface area contributed by atoms with Gasteiger partial charge >= 0.3 is 0 Å². The molecule has 0 amide bonds. The summed E-state index contributed by atoms with van der Waals surface area (Å²) in [7, 11) is -3.77. The predicted octanol–water partition coefficient (Wildman–Crippen LogP) is 3.35. The number of hydrogen-bond acceptors (Lipinski definition) is 4. The lowest BCUT2D eigenvalue weighted by Gasteiger charge is -2.10. The summed E-state index contributed by atoms with van der Waals surface area (Å²) >= 11 is 6.01. The highest BCUT2D eigenvalue weighted by molar-refractivity contribution is 7.92. The van der Waals surface area contributed by atoms with Crippen LogP contribution >= 0.6 is 11.6 Å². The van der Waals surface area contributed by atoms with E-state index in [0.717, 1.165) is 36.6 Å². The van der Waals surface area contributed by atoms with Crippen LogP contribution in [0.25, 0.3) is 11.4 Å². The van der Waals surface area contributed by atoms with Gasteiger partial charge in [0.05, 0.1) is 5.02 Å². The molecule has 0 fully saturated rings. The minimum absolute atomic E-state index is 0.0467. The minimum atomic E-state index is -3.77. The van der Waals surface area contributed by atoms with E-state index in [1.165, 1.54) is 6.07 Å². The average molecular weight is 375 g/mol. The SMILES string of the molecule is O=S(=O)(Nc1cccc(-c2nnc3n2CCC3)c1)c1ccccc1Cl. The van der Waals surface area contributed by atoms with Gasteiger partial charge in [0, 0.05) is 24.2 Å². The first-order valence-electron chi connectivity index (χ1n) is 7.84. The Morgan fingerprint density at radius 3 is 2.76 bits per heavy atom. The lowest BCUT2D eigenvalue weighted by atomic mass is 10.2. The zero-order valence-corrected chi connectivity index (χ0v) is 14.8. The fourth-order valence-corrected chi connectivity index (χ4v) is 4.53. The van der Waals surface area contributed by atoms with E-state index in [-0.39, 0.29) is 9.92 Å². The maximum atomic E-state index is 12.6. The van der Waals surface area contributed by atoms with Crippen LogP contribution in [0.15, 0.2) is 53.4 Å². The summed E-state index contributed by atoms with van der Waals surface area (Å²) in [6.07, 6.45) is 1.97. The third kappa shape index (κ3) is 3.01. The molecule has 0 aliphatic carbocycles. The quantitative estimate of drug-likeness (QED) is 0.759. The van der Waals surface area contributed by atoms with E-state index < -0.39 is 10.0 Å². The average Bonchev–Trinajstić information content (AvgIpc) is 3.18. The standard InChI is InChI=1S/C17H15ClN4O2S/c18-14-7-1-2-8-15(14)25(23,24)21-13-6-3-5-12(11-13)17-20-19-16-9-4-10-22(16)17/h1-3,5-8,11,21H,4,9-10H2. The van der Waals surface area contributed by atoms with Crippen LogP contribution in [0.2, 0.25) is 5.02 Å². The van der Waals surface area contributed by atoms with Gasteiger partial charge in [0.25, 0.3) is 10.0 Å². The van der Waals surface area contributed by atoms with Gasteiger partial charge in [-0.15, -0.1) is 10.2 Å². The molecule has 0 saturated heterocycles. The Kier molecular flexibility index (Phi) is 3.97. The molecule has 8 heteroatoms. The number of halogens is 1.